The second kappa shape index (κ2) is 6.81. The summed E-state index contributed by atoms with van der Waals surface area (Å²) in [6.45, 7) is 2.50. The van der Waals surface area contributed by atoms with Crippen molar-refractivity contribution < 1.29 is 13.9 Å². The molecule has 0 unspecified atom stereocenters. The number of aromatic nitrogens is 1. The van der Waals surface area contributed by atoms with Crippen LogP contribution in [-0.2, 0) is 6.54 Å². The molecule has 21 heavy (non-hydrogen) atoms. The van der Waals surface area contributed by atoms with Crippen LogP contribution in [0, 0.1) is 5.82 Å². The highest BCUT2D eigenvalue weighted by atomic mass is 19.1. The molecule has 3 N–H and O–H groups in total. The Morgan fingerprint density at radius 3 is 2.76 bits per heavy atom. The highest BCUT2D eigenvalue weighted by Gasteiger charge is 2.10. The van der Waals surface area contributed by atoms with Crippen molar-refractivity contribution in [2.45, 2.75) is 13.5 Å². The Morgan fingerprint density at radius 1 is 1.38 bits per heavy atom. The number of hydrogen-bond donors (Lipinski definition) is 2. The molecule has 0 fully saturated rings. The SMILES string of the molecule is CCOc1ccc(NC(=O)c2ccc(CN)cn2)cc1F. The molecule has 0 aliphatic rings. The van der Waals surface area contributed by atoms with Gasteiger partial charge in [-0.05, 0) is 30.7 Å². The van der Waals surface area contributed by atoms with E-state index in [-0.39, 0.29) is 11.4 Å². The van der Waals surface area contributed by atoms with Crippen LogP contribution in [0.4, 0.5) is 10.1 Å². The molecule has 0 saturated carbocycles. The zero-order chi connectivity index (χ0) is 15.2. The van der Waals surface area contributed by atoms with Crippen LogP contribution in [0.2, 0.25) is 0 Å². The summed E-state index contributed by atoms with van der Waals surface area (Å²) >= 11 is 0. The second-order valence-electron chi connectivity index (χ2n) is 4.29. The topological polar surface area (TPSA) is 77.2 Å². The summed E-state index contributed by atoms with van der Waals surface area (Å²) in [7, 11) is 0. The van der Waals surface area contributed by atoms with Crippen molar-refractivity contribution in [3.8, 4) is 5.75 Å². The quantitative estimate of drug-likeness (QED) is 0.885. The van der Waals surface area contributed by atoms with Crippen molar-refractivity contribution in [3.63, 3.8) is 0 Å². The number of pyridine rings is 1. The zero-order valence-corrected chi connectivity index (χ0v) is 11.6. The Labute approximate surface area is 121 Å². The number of halogens is 1. The van der Waals surface area contributed by atoms with Crippen LogP contribution in [0.25, 0.3) is 0 Å². The van der Waals surface area contributed by atoms with Gasteiger partial charge in [0.2, 0.25) is 0 Å². The number of carbonyl (C=O) groups excluding carboxylic acids is 1. The van der Waals surface area contributed by atoms with Gasteiger partial charge in [-0.1, -0.05) is 6.07 Å². The molecule has 0 aliphatic carbocycles. The van der Waals surface area contributed by atoms with Gasteiger partial charge in [-0.3, -0.25) is 9.78 Å². The molecule has 1 amide bonds. The van der Waals surface area contributed by atoms with Gasteiger partial charge in [-0.2, -0.15) is 0 Å². The van der Waals surface area contributed by atoms with Crippen molar-refractivity contribution in [1.82, 2.24) is 4.98 Å². The molecule has 0 radical (unpaired) electrons. The van der Waals surface area contributed by atoms with Gasteiger partial charge < -0.3 is 15.8 Å². The van der Waals surface area contributed by atoms with Crippen LogP contribution in [0.15, 0.2) is 36.5 Å². The molecule has 0 atom stereocenters. The second-order valence-corrected chi connectivity index (χ2v) is 4.29. The number of benzene rings is 1. The van der Waals surface area contributed by atoms with Crippen molar-refractivity contribution in [3.05, 3.63) is 53.6 Å². The molecular weight excluding hydrogens is 273 g/mol. The Hall–Kier alpha value is -2.47. The van der Waals surface area contributed by atoms with Crippen LogP contribution in [0.5, 0.6) is 5.75 Å². The molecule has 5 nitrogen and oxygen atoms in total. The number of rotatable bonds is 5. The van der Waals surface area contributed by atoms with Gasteiger partial charge in [0, 0.05) is 24.5 Å². The number of ether oxygens (including phenoxy) is 1. The Morgan fingerprint density at radius 2 is 2.19 bits per heavy atom. The molecule has 0 aliphatic heterocycles. The summed E-state index contributed by atoms with van der Waals surface area (Å²) in [6, 6.07) is 7.54. The maximum Gasteiger partial charge on any atom is 0.274 e. The lowest BCUT2D eigenvalue weighted by atomic mass is 10.2. The maximum absolute atomic E-state index is 13.7. The van der Waals surface area contributed by atoms with E-state index in [4.69, 9.17) is 10.5 Å². The largest absolute Gasteiger partial charge is 0.491 e. The number of nitrogens with two attached hydrogens (primary N) is 1. The minimum atomic E-state index is -0.527. The van der Waals surface area contributed by atoms with Crippen LogP contribution in [0.1, 0.15) is 23.0 Å². The molecule has 6 heteroatoms. The number of nitrogens with zero attached hydrogens (tertiary/aromatic N) is 1. The standard InChI is InChI=1S/C15H16FN3O2/c1-2-21-14-6-4-11(7-12(14)16)19-15(20)13-5-3-10(8-17)9-18-13/h3-7,9H,2,8,17H2,1H3,(H,19,20). The number of amides is 1. The molecular formula is C15H16FN3O2. The summed E-state index contributed by atoms with van der Waals surface area (Å²) in [5, 5.41) is 2.58. The molecule has 110 valence electrons. The highest BCUT2D eigenvalue weighted by molar-refractivity contribution is 6.02. The maximum atomic E-state index is 13.7. The van der Waals surface area contributed by atoms with Crippen molar-refractivity contribution >= 4 is 11.6 Å². The molecule has 2 rings (SSSR count). The lowest BCUT2D eigenvalue weighted by Gasteiger charge is -2.08. The first kappa shape index (κ1) is 14.9. The lowest BCUT2D eigenvalue weighted by Crippen LogP contribution is -2.14. The third-order valence-electron chi connectivity index (χ3n) is 2.78. The molecule has 1 heterocycles. The summed E-state index contributed by atoms with van der Waals surface area (Å²) in [6.07, 6.45) is 1.54. The lowest BCUT2D eigenvalue weighted by molar-refractivity contribution is 0.102. The van der Waals surface area contributed by atoms with E-state index in [2.05, 4.69) is 10.3 Å². The molecule has 0 spiro atoms. The minimum Gasteiger partial charge on any atom is -0.491 e. The third kappa shape index (κ3) is 3.76. The minimum absolute atomic E-state index is 0.154. The van der Waals surface area contributed by atoms with Gasteiger partial charge in [-0.15, -0.1) is 0 Å². The van der Waals surface area contributed by atoms with E-state index >= 15 is 0 Å². The third-order valence-corrected chi connectivity index (χ3v) is 2.78. The van der Waals surface area contributed by atoms with Gasteiger partial charge in [0.25, 0.3) is 5.91 Å². The summed E-state index contributed by atoms with van der Waals surface area (Å²) in [5.41, 5.74) is 6.87. The summed E-state index contributed by atoms with van der Waals surface area (Å²) in [5.74, 6) is -0.788. The molecule has 0 saturated heterocycles. The van der Waals surface area contributed by atoms with E-state index in [0.717, 1.165) is 5.56 Å². The monoisotopic (exact) mass is 289 g/mol. The van der Waals surface area contributed by atoms with Crippen molar-refractivity contribution in [1.29, 1.82) is 0 Å². The van der Waals surface area contributed by atoms with E-state index in [1.165, 1.54) is 18.3 Å². The number of nitrogens with one attached hydrogen (secondary N) is 1. The Balaban J connectivity index is 2.09. The molecule has 2 aromatic rings. The van der Waals surface area contributed by atoms with Crippen LogP contribution in [0.3, 0.4) is 0 Å². The average Bonchev–Trinajstić information content (AvgIpc) is 2.50. The zero-order valence-electron chi connectivity index (χ0n) is 11.6. The fourth-order valence-corrected chi connectivity index (χ4v) is 1.73. The van der Waals surface area contributed by atoms with Gasteiger partial charge in [0.05, 0.1) is 6.61 Å². The Bertz CT molecular complexity index is 629. The van der Waals surface area contributed by atoms with E-state index < -0.39 is 11.7 Å². The first-order chi connectivity index (χ1) is 10.1. The van der Waals surface area contributed by atoms with Gasteiger partial charge in [0.15, 0.2) is 11.6 Å². The fourth-order valence-electron chi connectivity index (χ4n) is 1.73. The van der Waals surface area contributed by atoms with Crippen LogP contribution in [-0.4, -0.2) is 17.5 Å². The summed E-state index contributed by atoms with van der Waals surface area (Å²) < 4.78 is 18.8. The normalized spacial score (nSPS) is 10.2. The van der Waals surface area contributed by atoms with Crippen LogP contribution < -0.4 is 15.8 Å². The van der Waals surface area contributed by atoms with Gasteiger partial charge in [-0.25, -0.2) is 4.39 Å². The first-order valence-corrected chi connectivity index (χ1v) is 6.52. The van der Waals surface area contributed by atoms with E-state index in [1.54, 1.807) is 25.1 Å². The number of carbonyl (C=O) groups is 1. The van der Waals surface area contributed by atoms with Crippen molar-refractivity contribution in [2.75, 3.05) is 11.9 Å². The summed E-state index contributed by atoms with van der Waals surface area (Å²) in [4.78, 5) is 16.0. The predicted molar refractivity (Wildman–Crippen MR) is 77.7 cm³/mol. The first-order valence-electron chi connectivity index (χ1n) is 6.52. The van der Waals surface area contributed by atoms with Gasteiger partial charge in [0.1, 0.15) is 5.69 Å². The Kier molecular flexibility index (Phi) is 4.84. The van der Waals surface area contributed by atoms with E-state index in [1.807, 2.05) is 0 Å². The number of hydrogen-bond acceptors (Lipinski definition) is 4. The van der Waals surface area contributed by atoms with Crippen LogP contribution >= 0.6 is 0 Å². The van der Waals surface area contributed by atoms with Crippen molar-refractivity contribution in [2.24, 2.45) is 5.73 Å². The smallest absolute Gasteiger partial charge is 0.274 e. The molecule has 1 aromatic carbocycles. The van der Waals surface area contributed by atoms with E-state index in [0.29, 0.717) is 18.8 Å². The van der Waals surface area contributed by atoms with Gasteiger partial charge >= 0.3 is 0 Å². The predicted octanol–water partition coefficient (Wildman–Crippen LogP) is 2.33. The average molecular weight is 289 g/mol. The molecule has 1 aromatic heterocycles. The van der Waals surface area contributed by atoms with E-state index in [9.17, 15) is 9.18 Å². The molecule has 0 bridgehead atoms. The number of anilines is 1. The highest BCUT2D eigenvalue weighted by Crippen LogP contribution is 2.21. The fraction of sp³-hybridized carbons (Fsp3) is 0.200.